The van der Waals surface area contributed by atoms with Crippen LogP contribution in [-0.4, -0.2) is 38.3 Å². The van der Waals surface area contributed by atoms with E-state index in [1.54, 1.807) is 29.4 Å². The molecule has 1 aromatic carbocycles. The fraction of sp³-hybridized carbons (Fsp3) is 0.667. The van der Waals surface area contributed by atoms with Crippen LogP contribution < -0.4 is 5.32 Å². The Balaban J connectivity index is 1.73. The first-order valence-electron chi connectivity index (χ1n) is 10.4. The molecule has 1 heterocycles. The van der Waals surface area contributed by atoms with E-state index in [0.717, 1.165) is 25.7 Å². The van der Waals surface area contributed by atoms with Crippen LogP contribution in [0.2, 0.25) is 0 Å². The van der Waals surface area contributed by atoms with Gasteiger partial charge in [0.05, 0.1) is 4.90 Å². The van der Waals surface area contributed by atoms with Crippen molar-refractivity contribution < 1.29 is 13.2 Å². The number of carbonyl (C=O) groups excluding carboxylic acids is 1. The number of amides is 1. The summed E-state index contributed by atoms with van der Waals surface area (Å²) in [6, 6.07) is 5.04. The Morgan fingerprint density at radius 3 is 2.33 bits per heavy atom. The van der Waals surface area contributed by atoms with Crippen molar-refractivity contribution in [2.45, 2.75) is 69.6 Å². The molecule has 1 aromatic rings. The first kappa shape index (κ1) is 20.3. The van der Waals surface area contributed by atoms with Gasteiger partial charge >= 0.3 is 0 Å². The van der Waals surface area contributed by atoms with E-state index in [2.05, 4.69) is 5.32 Å². The summed E-state index contributed by atoms with van der Waals surface area (Å²) in [4.78, 5) is 12.9. The second-order valence-corrected chi connectivity index (χ2v) is 9.92. The number of hydrogen-bond acceptors (Lipinski definition) is 3. The van der Waals surface area contributed by atoms with Crippen molar-refractivity contribution in [1.29, 1.82) is 0 Å². The van der Waals surface area contributed by atoms with Crippen LogP contribution in [0.4, 0.5) is 0 Å². The van der Waals surface area contributed by atoms with Gasteiger partial charge in [0.15, 0.2) is 0 Å². The quantitative estimate of drug-likeness (QED) is 0.827. The van der Waals surface area contributed by atoms with Gasteiger partial charge in [-0.15, -0.1) is 0 Å². The molecule has 0 bridgehead atoms. The Bertz CT molecular complexity index is 747. The molecule has 0 spiro atoms. The van der Waals surface area contributed by atoms with Gasteiger partial charge in [0.25, 0.3) is 5.91 Å². The van der Waals surface area contributed by atoms with Gasteiger partial charge in [0.1, 0.15) is 0 Å². The number of hydrogen-bond donors (Lipinski definition) is 1. The van der Waals surface area contributed by atoms with Crippen LogP contribution in [-0.2, 0) is 10.0 Å². The first-order chi connectivity index (χ1) is 13.0. The molecule has 2 fully saturated rings. The molecule has 2 aliphatic rings. The molecule has 1 amide bonds. The van der Waals surface area contributed by atoms with Gasteiger partial charge in [-0.2, -0.15) is 4.31 Å². The van der Waals surface area contributed by atoms with E-state index in [-0.39, 0.29) is 10.8 Å². The second kappa shape index (κ2) is 9.20. The van der Waals surface area contributed by atoms with Gasteiger partial charge in [-0.05, 0) is 56.2 Å². The third-order valence-electron chi connectivity index (χ3n) is 5.91. The van der Waals surface area contributed by atoms with E-state index in [1.807, 2.05) is 0 Å². The lowest BCUT2D eigenvalue weighted by atomic mass is 9.89. The topological polar surface area (TPSA) is 66.5 Å². The fourth-order valence-corrected chi connectivity index (χ4v) is 5.94. The minimum Gasteiger partial charge on any atom is -0.352 e. The monoisotopic (exact) mass is 392 g/mol. The van der Waals surface area contributed by atoms with Gasteiger partial charge < -0.3 is 5.32 Å². The van der Waals surface area contributed by atoms with Gasteiger partial charge in [-0.1, -0.05) is 38.2 Å². The lowest BCUT2D eigenvalue weighted by molar-refractivity contribution is 0.0943. The Labute approximate surface area is 163 Å². The summed E-state index contributed by atoms with van der Waals surface area (Å²) in [6.07, 6.45) is 10.1. The zero-order valence-electron chi connectivity index (χ0n) is 16.4. The zero-order valence-corrected chi connectivity index (χ0v) is 17.2. The number of nitrogens with one attached hydrogen (secondary N) is 1. The van der Waals surface area contributed by atoms with Gasteiger partial charge in [-0.3, -0.25) is 4.79 Å². The molecule has 5 nitrogen and oxygen atoms in total. The van der Waals surface area contributed by atoms with Crippen LogP contribution in [0, 0.1) is 12.8 Å². The summed E-state index contributed by atoms with van der Waals surface area (Å²) in [6.45, 7) is 3.62. The Kier molecular flexibility index (Phi) is 6.93. The average molecular weight is 393 g/mol. The fourth-order valence-electron chi connectivity index (χ4n) is 4.17. The maximum absolute atomic E-state index is 13.1. The maximum atomic E-state index is 13.1. The van der Waals surface area contributed by atoms with Gasteiger partial charge in [-0.25, -0.2) is 8.42 Å². The molecule has 1 saturated heterocycles. The van der Waals surface area contributed by atoms with Crippen LogP contribution in [0.15, 0.2) is 23.1 Å². The van der Waals surface area contributed by atoms with Gasteiger partial charge in [0.2, 0.25) is 10.0 Å². The number of carbonyl (C=O) groups is 1. The summed E-state index contributed by atoms with van der Waals surface area (Å²) in [7, 11) is -3.55. The minimum absolute atomic E-state index is 0.173. The molecule has 1 aliphatic heterocycles. The Hall–Kier alpha value is -1.40. The van der Waals surface area contributed by atoms with Crippen molar-refractivity contribution in [2.75, 3.05) is 19.6 Å². The molecule has 0 radical (unpaired) electrons. The number of rotatable bonds is 5. The van der Waals surface area contributed by atoms with Gasteiger partial charge in [0, 0.05) is 25.2 Å². The molecule has 0 atom stereocenters. The molecule has 0 aromatic heterocycles. The largest absolute Gasteiger partial charge is 0.352 e. The Morgan fingerprint density at radius 2 is 1.67 bits per heavy atom. The lowest BCUT2D eigenvalue weighted by Crippen LogP contribution is -2.33. The molecule has 27 heavy (non-hydrogen) atoms. The molecule has 3 rings (SSSR count). The van der Waals surface area contributed by atoms with Crippen molar-refractivity contribution in [3.05, 3.63) is 29.3 Å². The molecule has 1 N–H and O–H groups in total. The maximum Gasteiger partial charge on any atom is 0.251 e. The third kappa shape index (κ3) is 5.11. The number of nitrogens with zero attached hydrogens (tertiary/aromatic N) is 1. The number of benzene rings is 1. The molecule has 1 aliphatic carbocycles. The molecule has 1 saturated carbocycles. The zero-order chi connectivity index (χ0) is 19.3. The van der Waals surface area contributed by atoms with E-state index in [4.69, 9.17) is 0 Å². The van der Waals surface area contributed by atoms with Crippen molar-refractivity contribution in [3.8, 4) is 0 Å². The number of aryl methyl sites for hydroxylation is 1. The van der Waals surface area contributed by atoms with E-state index < -0.39 is 10.0 Å². The highest BCUT2D eigenvalue weighted by atomic mass is 32.2. The van der Waals surface area contributed by atoms with E-state index in [0.29, 0.717) is 36.7 Å². The van der Waals surface area contributed by atoms with Crippen molar-refractivity contribution >= 4 is 15.9 Å². The van der Waals surface area contributed by atoms with Crippen LogP contribution in [0.25, 0.3) is 0 Å². The summed E-state index contributed by atoms with van der Waals surface area (Å²) in [5, 5.41) is 3.01. The average Bonchev–Trinajstić information content (AvgIpc) is 2.97. The number of sulfonamides is 1. The highest BCUT2D eigenvalue weighted by molar-refractivity contribution is 7.89. The second-order valence-electron chi connectivity index (χ2n) is 8.01. The summed E-state index contributed by atoms with van der Waals surface area (Å²) in [5.74, 6) is 0.376. The van der Waals surface area contributed by atoms with Crippen LogP contribution >= 0.6 is 0 Å². The molecule has 6 heteroatoms. The highest BCUT2D eigenvalue weighted by Crippen LogP contribution is 2.25. The molecule has 0 unspecified atom stereocenters. The highest BCUT2D eigenvalue weighted by Gasteiger charge is 2.27. The predicted octanol–water partition coefficient (Wildman–Crippen LogP) is 3.87. The normalized spacial score (nSPS) is 20.2. The first-order valence-corrected chi connectivity index (χ1v) is 11.8. The van der Waals surface area contributed by atoms with E-state index in [1.165, 1.54) is 32.1 Å². The van der Waals surface area contributed by atoms with Crippen LogP contribution in [0.1, 0.15) is 73.7 Å². The van der Waals surface area contributed by atoms with Crippen molar-refractivity contribution in [1.82, 2.24) is 9.62 Å². The van der Waals surface area contributed by atoms with Crippen molar-refractivity contribution in [2.24, 2.45) is 5.92 Å². The smallest absolute Gasteiger partial charge is 0.251 e. The standard InChI is InChI=1S/C21H32N2O3S/c1-17-11-12-19(21(24)22-16-18-9-5-4-6-10-18)15-20(17)27(25,26)23-13-7-2-3-8-14-23/h11-12,15,18H,2-10,13-14,16H2,1H3,(H,22,24). The summed E-state index contributed by atoms with van der Waals surface area (Å²) >= 11 is 0. The van der Waals surface area contributed by atoms with Crippen LogP contribution in [0.3, 0.4) is 0 Å². The van der Waals surface area contributed by atoms with E-state index >= 15 is 0 Å². The Morgan fingerprint density at radius 1 is 1.04 bits per heavy atom. The lowest BCUT2D eigenvalue weighted by Gasteiger charge is -2.22. The molecule has 150 valence electrons. The molecular weight excluding hydrogens is 360 g/mol. The van der Waals surface area contributed by atoms with E-state index in [9.17, 15) is 13.2 Å². The minimum atomic E-state index is -3.55. The molecular formula is C21H32N2O3S. The van der Waals surface area contributed by atoms with Crippen molar-refractivity contribution in [3.63, 3.8) is 0 Å². The third-order valence-corrected chi connectivity index (χ3v) is 7.95. The van der Waals surface area contributed by atoms with Crippen LogP contribution in [0.5, 0.6) is 0 Å². The predicted molar refractivity (Wildman–Crippen MR) is 107 cm³/mol. The summed E-state index contributed by atoms with van der Waals surface area (Å²) in [5.41, 5.74) is 1.13. The SMILES string of the molecule is Cc1ccc(C(=O)NCC2CCCCC2)cc1S(=O)(=O)N1CCCCCC1. The summed E-state index contributed by atoms with van der Waals surface area (Å²) < 4.78 is 27.9.